The van der Waals surface area contributed by atoms with Gasteiger partial charge in [0.15, 0.2) is 0 Å². The van der Waals surface area contributed by atoms with Crippen LogP contribution in [0.15, 0.2) is 17.8 Å². The zero-order chi connectivity index (χ0) is 13.0. The first-order valence-electron chi connectivity index (χ1n) is 5.58. The van der Waals surface area contributed by atoms with Crippen molar-refractivity contribution in [2.45, 2.75) is 13.3 Å². The molecule has 0 radical (unpaired) electrons. The Morgan fingerprint density at radius 3 is 3.00 bits per heavy atom. The number of carbonyl (C=O) groups is 1. The Balaban J connectivity index is 1.72. The predicted molar refractivity (Wildman–Crippen MR) is 70.8 cm³/mol. The monoisotopic (exact) mass is 265 g/mol. The normalized spacial score (nSPS) is 10.3. The molecular formula is C11H15N5OS. The minimum atomic E-state index is -0.227. The summed E-state index contributed by atoms with van der Waals surface area (Å²) in [5, 5.41) is 12.5. The number of aromatic nitrogens is 3. The minimum absolute atomic E-state index is 0.227. The average molecular weight is 265 g/mol. The molecule has 2 amide bonds. The molecule has 6 nitrogen and oxygen atoms in total. The second kappa shape index (κ2) is 5.63. The maximum Gasteiger partial charge on any atom is 0.319 e. The molecule has 2 N–H and O–H groups in total. The van der Waals surface area contributed by atoms with Gasteiger partial charge in [0.25, 0.3) is 0 Å². The van der Waals surface area contributed by atoms with Crippen LogP contribution in [-0.2, 0) is 13.5 Å². The van der Waals surface area contributed by atoms with E-state index < -0.39 is 0 Å². The molecule has 96 valence electrons. The van der Waals surface area contributed by atoms with Gasteiger partial charge in [-0.2, -0.15) is 5.10 Å². The molecule has 0 aliphatic heterocycles. The number of aryl methyl sites for hydroxylation is 2. The van der Waals surface area contributed by atoms with Crippen LogP contribution < -0.4 is 10.6 Å². The molecule has 7 heteroatoms. The molecule has 0 aliphatic rings. The van der Waals surface area contributed by atoms with Crippen molar-refractivity contribution >= 4 is 23.1 Å². The van der Waals surface area contributed by atoms with Crippen LogP contribution in [0.1, 0.15) is 10.7 Å². The van der Waals surface area contributed by atoms with E-state index in [1.165, 1.54) is 0 Å². The number of nitrogens with zero attached hydrogens (tertiary/aromatic N) is 3. The molecule has 0 saturated carbocycles. The minimum Gasteiger partial charge on any atom is -0.337 e. The van der Waals surface area contributed by atoms with E-state index in [-0.39, 0.29) is 6.03 Å². The number of anilines is 1. The molecule has 0 atom stereocenters. The number of carbonyl (C=O) groups excluding carboxylic acids is 1. The first-order valence-corrected chi connectivity index (χ1v) is 6.46. The first kappa shape index (κ1) is 12.6. The van der Waals surface area contributed by atoms with E-state index in [4.69, 9.17) is 0 Å². The quantitative estimate of drug-likeness (QED) is 0.881. The summed E-state index contributed by atoms with van der Waals surface area (Å²) in [6, 6.07) is -0.227. The fraction of sp³-hybridized carbons (Fsp3) is 0.364. The highest BCUT2D eigenvalue weighted by Crippen LogP contribution is 2.07. The molecule has 2 heterocycles. The summed E-state index contributed by atoms with van der Waals surface area (Å²) in [6.45, 7) is 2.53. The molecule has 0 spiro atoms. The Morgan fingerprint density at radius 1 is 1.56 bits per heavy atom. The second-order valence-electron chi connectivity index (χ2n) is 3.89. The van der Waals surface area contributed by atoms with Crippen LogP contribution in [0.2, 0.25) is 0 Å². The molecule has 2 aromatic heterocycles. The number of amides is 2. The molecule has 2 rings (SSSR count). The number of urea groups is 1. The van der Waals surface area contributed by atoms with Crippen LogP contribution in [0.4, 0.5) is 10.5 Å². The maximum atomic E-state index is 11.5. The van der Waals surface area contributed by atoms with Gasteiger partial charge in [0, 0.05) is 31.6 Å². The topological polar surface area (TPSA) is 71.8 Å². The van der Waals surface area contributed by atoms with E-state index in [1.54, 1.807) is 35.5 Å². The average Bonchev–Trinajstić information content (AvgIpc) is 2.88. The smallest absolute Gasteiger partial charge is 0.319 e. The van der Waals surface area contributed by atoms with Crippen LogP contribution in [-0.4, -0.2) is 27.3 Å². The summed E-state index contributed by atoms with van der Waals surface area (Å²) in [5.74, 6) is 0. The Labute approximate surface area is 109 Å². The summed E-state index contributed by atoms with van der Waals surface area (Å²) in [4.78, 5) is 15.9. The lowest BCUT2D eigenvalue weighted by Gasteiger charge is -2.04. The van der Waals surface area contributed by atoms with Crippen molar-refractivity contribution in [3.8, 4) is 0 Å². The standard InChI is InChI=1S/C11H15N5OS/c1-8-14-9(7-18-8)3-4-12-11(17)15-10-5-13-16(2)6-10/h5-7H,3-4H2,1-2H3,(H2,12,15,17). The van der Waals surface area contributed by atoms with E-state index >= 15 is 0 Å². The summed E-state index contributed by atoms with van der Waals surface area (Å²) in [6.07, 6.45) is 4.08. The van der Waals surface area contributed by atoms with E-state index in [9.17, 15) is 4.79 Å². The number of thiazole rings is 1. The number of rotatable bonds is 4. The molecule has 0 aromatic carbocycles. The van der Waals surface area contributed by atoms with Crippen molar-refractivity contribution in [3.05, 3.63) is 28.5 Å². The van der Waals surface area contributed by atoms with Crippen LogP contribution in [0, 0.1) is 6.92 Å². The highest BCUT2D eigenvalue weighted by Gasteiger charge is 2.03. The number of hydrogen-bond acceptors (Lipinski definition) is 4. The van der Waals surface area contributed by atoms with Crippen molar-refractivity contribution in [1.29, 1.82) is 0 Å². The van der Waals surface area contributed by atoms with E-state index in [0.29, 0.717) is 12.2 Å². The molecular weight excluding hydrogens is 250 g/mol. The van der Waals surface area contributed by atoms with E-state index in [0.717, 1.165) is 17.1 Å². The molecule has 0 saturated heterocycles. The lowest BCUT2D eigenvalue weighted by atomic mass is 10.3. The first-order chi connectivity index (χ1) is 8.63. The van der Waals surface area contributed by atoms with Crippen molar-refractivity contribution in [2.75, 3.05) is 11.9 Å². The Kier molecular flexibility index (Phi) is 3.93. The summed E-state index contributed by atoms with van der Waals surface area (Å²) in [7, 11) is 1.80. The van der Waals surface area contributed by atoms with Gasteiger partial charge in [-0.25, -0.2) is 9.78 Å². The Bertz CT molecular complexity index is 533. The maximum absolute atomic E-state index is 11.5. The van der Waals surface area contributed by atoms with Gasteiger partial charge in [0.1, 0.15) is 0 Å². The third kappa shape index (κ3) is 3.56. The molecule has 0 unspecified atom stereocenters. The predicted octanol–water partition coefficient (Wildman–Crippen LogP) is 1.55. The van der Waals surface area contributed by atoms with Gasteiger partial charge in [0.2, 0.25) is 0 Å². The summed E-state index contributed by atoms with van der Waals surface area (Å²) in [5.41, 5.74) is 1.69. The zero-order valence-electron chi connectivity index (χ0n) is 10.3. The summed E-state index contributed by atoms with van der Waals surface area (Å²) >= 11 is 1.62. The fourth-order valence-electron chi connectivity index (χ4n) is 1.49. The Morgan fingerprint density at radius 2 is 2.39 bits per heavy atom. The van der Waals surface area contributed by atoms with Crippen molar-refractivity contribution in [1.82, 2.24) is 20.1 Å². The lowest BCUT2D eigenvalue weighted by Crippen LogP contribution is -2.30. The third-order valence-corrected chi connectivity index (χ3v) is 3.12. The van der Waals surface area contributed by atoms with Crippen LogP contribution in [0.5, 0.6) is 0 Å². The van der Waals surface area contributed by atoms with Crippen LogP contribution >= 0.6 is 11.3 Å². The lowest BCUT2D eigenvalue weighted by molar-refractivity contribution is 0.252. The summed E-state index contributed by atoms with van der Waals surface area (Å²) < 4.78 is 1.63. The van der Waals surface area contributed by atoms with Gasteiger partial charge < -0.3 is 10.6 Å². The molecule has 0 bridgehead atoms. The molecule has 0 aliphatic carbocycles. The molecule has 18 heavy (non-hydrogen) atoms. The molecule has 2 aromatic rings. The van der Waals surface area contributed by atoms with Crippen molar-refractivity contribution < 1.29 is 4.79 Å². The van der Waals surface area contributed by atoms with E-state index in [2.05, 4.69) is 20.7 Å². The number of hydrogen-bond donors (Lipinski definition) is 2. The van der Waals surface area contributed by atoms with Gasteiger partial charge in [-0.05, 0) is 6.92 Å². The SMILES string of the molecule is Cc1nc(CCNC(=O)Nc2cnn(C)c2)cs1. The van der Waals surface area contributed by atoms with Gasteiger partial charge in [-0.1, -0.05) is 0 Å². The van der Waals surface area contributed by atoms with Gasteiger partial charge in [0.05, 0.1) is 22.6 Å². The zero-order valence-corrected chi connectivity index (χ0v) is 11.1. The molecule has 0 fully saturated rings. The highest BCUT2D eigenvalue weighted by atomic mass is 32.1. The second-order valence-corrected chi connectivity index (χ2v) is 4.95. The number of nitrogens with one attached hydrogen (secondary N) is 2. The van der Waals surface area contributed by atoms with Gasteiger partial charge in [-0.15, -0.1) is 11.3 Å². The van der Waals surface area contributed by atoms with Gasteiger partial charge in [-0.3, -0.25) is 4.68 Å². The largest absolute Gasteiger partial charge is 0.337 e. The van der Waals surface area contributed by atoms with Crippen LogP contribution in [0.25, 0.3) is 0 Å². The Hall–Kier alpha value is -1.89. The third-order valence-electron chi connectivity index (χ3n) is 2.30. The van der Waals surface area contributed by atoms with Gasteiger partial charge >= 0.3 is 6.03 Å². The van der Waals surface area contributed by atoms with E-state index in [1.807, 2.05) is 12.3 Å². The fourth-order valence-corrected chi connectivity index (χ4v) is 2.14. The van der Waals surface area contributed by atoms with Crippen LogP contribution in [0.3, 0.4) is 0 Å². The van der Waals surface area contributed by atoms with Crippen molar-refractivity contribution in [3.63, 3.8) is 0 Å². The highest BCUT2D eigenvalue weighted by molar-refractivity contribution is 7.09. The van der Waals surface area contributed by atoms with Crippen molar-refractivity contribution in [2.24, 2.45) is 7.05 Å².